The van der Waals surface area contributed by atoms with Crippen molar-refractivity contribution >= 4 is 0 Å². The summed E-state index contributed by atoms with van der Waals surface area (Å²) < 4.78 is 24.3. The van der Waals surface area contributed by atoms with Gasteiger partial charge in [0.25, 0.3) is 0 Å². The van der Waals surface area contributed by atoms with Gasteiger partial charge in [-0.2, -0.15) is 0 Å². The molecule has 0 aliphatic heterocycles. The highest BCUT2D eigenvalue weighted by Crippen LogP contribution is 2.15. The van der Waals surface area contributed by atoms with Crippen molar-refractivity contribution < 1.29 is 8.78 Å². The Hall–Kier alpha value is -0.920. The van der Waals surface area contributed by atoms with E-state index in [-0.39, 0.29) is 6.42 Å². The molecule has 0 rings (SSSR count). The summed E-state index contributed by atoms with van der Waals surface area (Å²) in [5.41, 5.74) is 0.923. The first-order valence-electron chi connectivity index (χ1n) is 3.95. The summed E-state index contributed by atoms with van der Waals surface area (Å²) in [7, 11) is 0. The Kier molecular flexibility index (Phi) is 6.25. The van der Waals surface area contributed by atoms with E-state index in [1.165, 1.54) is 0 Å². The van der Waals surface area contributed by atoms with E-state index in [1.807, 2.05) is 6.92 Å². The van der Waals surface area contributed by atoms with Crippen LogP contribution in [0.1, 0.15) is 19.8 Å². The molecule has 0 atom stereocenters. The third kappa shape index (κ3) is 4.83. The molecule has 12 heavy (non-hydrogen) atoms. The van der Waals surface area contributed by atoms with Crippen molar-refractivity contribution in [1.29, 1.82) is 0 Å². The second-order valence-electron chi connectivity index (χ2n) is 2.40. The molecule has 0 aromatic heterocycles. The van der Waals surface area contributed by atoms with Crippen LogP contribution in [-0.4, -0.2) is 6.67 Å². The number of halogens is 2. The minimum absolute atomic E-state index is 0.201. The Labute approximate surface area is 72.3 Å². The predicted octanol–water partition coefficient (Wildman–Crippen LogP) is 3.72. The number of rotatable bonds is 5. The van der Waals surface area contributed by atoms with Crippen molar-refractivity contribution in [2.45, 2.75) is 19.8 Å². The van der Waals surface area contributed by atoms with E-state index >= 15 is 0 Å². The maximum Gasteiger partial charge on any atom is 0.110 e. The second kappa shape index (κ2) is 6.77. The Morgan fingerprint density at radius 1 is 1.50 bits per heavy atom. The van der Waals surface area contributed by atoms with Gasteiger partial charge in [0.15, 0.2) is 0 Å². The zero-order chi connectivity index (χ0) is 9.40. The standard InChI is InChI=1S/C10H14F2/c1-3-5-9(4-2)8-10(12)6-7-11/h3,5-6H,1,4,7-8H2,2H3/b9-5-,10-6+. The number of alkyl halides is 1. The molecule has 0 saturated heterocycles. The lowest BCUT2D eigenvalue weighted by Crippen LogP contribution is -1.83. The van der Waals surface area contributed by atoms with Crippen LogP contribution in [-0.2, 0) is 0 Å². The molecule has 0 unspecified atom stereocenters. The van der Waals surface area contributed by atoms with E-state index in [9.17, 15) is 8.78 Å². The van der Waals surface area contributed by atoms with Gasteiger partial charge in [-0.3, -0.25) is 0 Å². The van der Waals surface area contributed by atoms with Gasteiger partial charge in [0.1, 0.15) is 12.5 Å². The number of allylic oxidation sites excluding steroid dienone is 5. The molecule has 0 saturated carbocycles. The average Bonchev–Trinajstić information content (AvgIpc) is 2.04. The SMILES string of the molecule is C=C/C=C(/CC)C/C(F)=C\CF. The van der Waals surface area contributed by atoms with Crippen LogP contribution in [0.25, 0.3) is 0 Å². The summed E-state index contributed by atoms with van der Waals surface area (Å²) in [6.45, 7) is 4.70. The van der Waals surface area contributed by atoms with Crippen molar-refractivity contribution in [2.75, 3.05) is 6.67 Å². The second-order valence-corrected chi connectivity index (χ2v) is 2.40. The van der Waals surface area contributed by atoms with Crippen LogP contribution in [0.3, 0.4) is 0 Å². The molecule has 0 aliphatic rings. The third-order valence-corrected chi connectivity index (χ3v) is 1.50. The summed E-state index contributed by atoms with van der Waals surface area (Å²) in [4.78, 5) is 0. The Morgan fingerprint density at radius 2 is 2.17 bits per heavy atom. The lowest BCUT2D eigenvalue weighted by molar-refractivity contribution is 0.535. The Balaban J connectivity index is 4.11. The lowest BCUT2D eigenvalue weighted by atomic mass is 10.1. The molecule has 0 bridgehead atoms. The van der Waals surface area contributed by atoms with Gasteiger partial charge in [-0.1, -0.05) is 31.2 Å². The molecule has 0 fully saturated rings. The number of hydrogen-bond acceptors (Lipinski definition) is 0. The summed E-state index contributed by atoms with van der Waals surface area (Å²) in [5, 5.41) is 0. The van der Waals surface area contributed by atoms with Crippen molar-refractivity contribution in [1.82, 2.24) is 0 Å². The first-order chi connectivity index (χ1) is 5.74. The molecule has 0 N–H and O–H groups in total. The molecular formula is C10H14F2. The van der Waals surface area contributed by atoms with Gasteiger partial charge in [-0.15, -0.1) is 0 Å². The zero-order valence-electron chi connectivity index (χ0n) is 7.32. The van der Waals surface area contributed by atoms with Crippen LogP contribution in [0, 0.1) is 0 Å². The smallest absolute Gasteiger partial charge is 0.110 e. The van der Waals surface area contributed by atoms with Crippen LogP contribution in [0.4, 0.5) is 8.78 Å². The molecule has 0 aromatic carbocycles. The minimum atomic E-state index is -0.739. The summed E-state index contributed by atoms with van der Waals surface area (Å²) >= 11 is 0. The van der Waals surface area contributed by atoms with Gasteiger partial charge in [0, 0.05) is 6.42 Å². The van der Waals surface area contributed by atoms with E-state index in [0.717, 1.165) is 18.1 Å². The first kappa shape index (κ1) is 11.1. The molecule has 0 radical (unpaired) electrons. The molecule has 0 aliphatic carbocycles. The molecule has 0 nitrogen and oxygen atoms in total. The third-order valence-electron chi connectivity index (χ3n) is 1.50. The summed E-state index contributed by atoms with van der Waals surface area (Å²) in [5.74, 6) is -0.410. The van der Waals surface area contributed by atoms with Gasteiger partial charge >= 0.3 is 0 Å². The van der Waals surface area contributed by atoms with Crippen LogP contribution >= 0.6 is 0 Å². The first-order valence-corrected chi connectivity index (χ1v) is 3.95. The monoisotopic (exact) mass is 172 g/mol. The van der Waals surface area contributed by atoms with E-state index in [0.29, 0.717) is 0 Å². The van der Waals surface area contributed by atoms with Crippen molar-refractivity contribution in [3.63, 3.8) is 0 Å². The lowest BCUT2D eigenvalue weighted by Gasteiger charge is -2.00. The molecular weight excluding hydrogens is 158 g/mol. The van der Waals surface area contributed by atoms with Crippen LogP contribution < -0.4 is 0 Å². The highest BCUT2D eigenvalue weighted by atomic mass is 19.1. The molecule has 0 aromatic rings. The Morgan fingerprint density at radius 3 is 2.58 bits per heavy atom. The highest BCUT2D eigenvalue weighted by Gasteiger charge is 1.98. The largest absolute Gasteiger partial charge is 0.246 e. The molecule has 68 valence electrons. The fourth-order valence-electron chi connectivity index (χ4n) is 0.841. The fourth-order valence-corrected chi connectivity index (χ4v) is 0.841. The summed E-state index contributed by atoms with van der Waals surface area (Å²) in [6.07, 6.45) is 5.28. The van der Waals surface area contributed by atoms with E-state index in [2.05, 4.69) is 6.58 Å². The van der Waals surface area contributed by atoms with Crippen molar-refractivity contribution in [3.05, 3.63) is 36.2 Å². The van der Waals surface area contributed by atoms with E-state index in [4.69, 9.17) is 0 Å². The predicted molar refractivity (Wildman–Crippen MR) is 48.4 cm³/mol. The van der Waals surface area contributed by atoms with E-state index in [1.54, 1.807) is 12.2 Å². The molecule has 0 heterocycles. The maximum atomic E-state index is 12.7. The minimum Gasteiger partial charge on any atom is -0.246 e. The van der Waals surface area contributed by atoms with Crippen molar-refractivity contribution in [3.8, 4) is 0 Å². The topological polar surface area (TPSA) is 0 Å². The van der Waals surface area contributed by atoms with Crippen LogP contribution in [0.5, 0.6) is 0 Å². The quantitative estimate of drug-likeness (QED) is 0.554. The molecule has 2 heteroatoms. The fraction of sp³-hybridized carbons (Fsp3) is 0.400. The van der Waals surface area contributed by atoms with Crippen LogP contribution in [0.2, 0.25) is 0 Å². The zero-order valence-corrected chi connectivity index (χ0v) is 7.32. The van der Waals surface area contributed by atoms with Gasteiger partial charge in [0.2, 0.25) is 0 Å². The van der Waals surface area contributed by atoms with E-state index < -0.39 is 12.5 Å². The van der Waals surface area contributed by atoms with Gasteiger partial charge in [-0.05, 0) is 12.5 Å². The summed E-state index contributed by atoms with van der Waals surface area (Å²) in [6, 6.07) is 0. The number of hydrogen-bond donors (Lipinski definition) is 0. The Bertz CT molecular complexity index is 190. The molecule has 0 amide bonds. The van der Waals surface area contributed by atoms with Crippen molar-refractivity contribution in [2.24, 2.45) is 0 Å². The highest BCUT2D eigenvalue weighted by molar-refractivity contribution is 5.15. The average molecular weight is 172 g/mol. The molecule has 0 spiro atoms. The van der Waals surface area contributed by atoms with Gasteiger partial charge < -0.3 is 0 Å². The normalized spacial score (nSPS) is 13.2. The maximum absolute atomic E-state index is 12.7. The van der Waals surface area contributed by atoms with Gasteiger partial charge in [-0.25, -0.2) is 8.78 Å². The van der Waals surface area contributed by atoms with Crippen LogP contribution in [0.15, 0.2) is 36.2 Å². The van der Waals surface area contributed by atoms with Gasteiger partial charge in [0.05, 0.1) is 0 Å².